The lowest BCUT2D eigenvalue weighted by molar-refractivity contribution is -0.120. The van der Waals surface area contributed by atoms with Crippen molar-refractivity contribution in [2.45, 2.75) is 33.2 Å². The first-order chi connectivity index (χ1) is 7.95. The maximum atomic E-state index is 11.8. The lowest BCUT2D eigenvalue weighted by Crippen LogP contribution is -2.38. The van der Waals surface area contributed by atoms with E-state index in [0.717, 1.165) is 0 Å². The van der Waals surface area contributed by atoms with Gasteiger partial charge in [0.1, 0.15) is 5.75 Å². The van der Waals surface area contributed by atoms with Gasteiger partial charge in [-0.2, -0.15) is 0 Å². The van der Waals surface area contributed by atoms with Gasteiger partial charge in [-0.1, -0.05) is 13.0 Å². The predicted molar refractivity (Wildman–Crippen MR) is 65.1 cm³/mol. The molecule has 4 heteroatoms. The summed E-state index contributed by atoms with van der Waals surface area (Å²) >= 11 is 0. The van der Waals surface area contributed by atoms with E-state index in [9.17, 15) is 14.7 Å². The van der Waals surface area contributed by atoms with E-state index >= 15 is 0 Å². The Labute approximate surface area is 101 Å². The Hall–Kier alpha value is -1.84. The van der Waals surface area contributed by atoms with Gasteiger partial charge in [0, 0.05) is 12.0 Å². The second-order valence-electron chi connectivity index (χ2n) is 4.02. The molecule has 92 valence electrons. The number of aromatic hydroxyl groups is 1. The molecule has 1 aromatic rings. The van der Waals surface area contributed by atoms with Crippen LogP contribution in [0.4, 0.5) is 0 Å². The molecule has 0 aliphatic heterocycles. The van der Waals surface area contributed by atoms with Gasteiger partial charge in [-0.15, -0.1) is 0 Å². The minimum Gasteiger partial charge on any atom is -0.508 e. The Morgan fingerprint density at radius 2 is 2.06 bits per heavy atom. The average Bonchev–Trinajstić information content (AvgIpc) is 2.31. The Morgan fingerprint density at radius 1 is 1.41 bits per heavy atom. The maximum absolute atomic E-state index is 11.8. The summed E-state index contributed by atoms with van der Waals surface area (Å²) < 4.78 is 0. The Morgan fingerprint density at radius 3 is 2.59 bits per heavy atom. The third-order valence-corrected chi connectivity index (χ3v) is 2.65. The minimum atomic E-state index is -0.504. The van der Waals surface area contributed by atoms with Crippen LogP contribution in [-0.2, 0) is 4.79 Å². The van der Waals surface area contributed by atoms with Crippen molar-refractivity contribution in [1.29, 1.82) is 0 Å². The highest BCUT2D eigenvalue weighted by atomic mass is 16.3. The Balaban J connectivity index is 2.76. The van der Waals surface area contributed by atoms with Crippen molar-refractivity contribution in [3.8, 4) is 5.75 Å². The molecule has 0 spiro atoms. The normalized spacial score (nSPS) is 11.9. The standard InChI is InChI=1S/C13H17NO3/c1-4-11(15)9(3)14-13(17)10-6-5-8(2)12(16)7-10/h5-7,9,16H,4H2,1-3H3,(H,14,17). The first-order valence-corrected chi connectivity index (χ1v) is 5.59. The number of rotatable bonds is 4. The molecule has 4 nitrogen and oxygen atoms in total. The van der Waals surface area contributed by atoms with Crippen molar-refractivity contribution in [1.82, 2.24) is 5.32 Å². The summed E-state index contributed by atoms with van der Waals surface area (Å²) in [5, 5.41) is 12.1. The van der Waals surface area contributed by atoms with Crippen LogP contribution in [0, 0.1) is 6.92 Å². The van der Waals surface area contributed by atoms with Crippen LogP contribution in [-0.4, -0.2) is 22.8 Å². The fourth-order valence-electron chi connectivity index (χ4n) is 1.42. The predicted octanol–water partition coefficient (Wildman–Crippen LogP) is 1.80. The van der Waals surface area contributed by atoms with Crippen LogP contribution in [0.15, 0.2) is 18.2 Å². The SMILES string of the molecule is CCC(=O)C(C)NC(=O)c1ccc(C)c(O)c1. The summed E-state index contributed by atoms with van der Waals surface area (Å²) in [5.41, 5.74) is 1.06. The molecule has 0 aromatic heterocycles. The summed E-state index contributed by atoms with van der Waals surface area (Å²) in [6, 6.07) is 4.17. The molecule has 0 aliphatic rings. The van der Waals surface area contributed by atoms with Gasteiger partial charge >= 0.3 is 0 Å². The van der Waals surface area contributed by atoms with Gasteiger partial charge in [-0.25, -0.2) is 0 Å². The van der Waals surface area contributed by atoms with Crippen molar-refractivity contribution >= 4 is 11.7 Å². The highest BCUT2D eigenvalue weighted by Gasteiger charge is 2.15. The van der Waals surface area contributed by atoms with Crippen molar-refractivity contribution in [2.75, 3.05) is 0 Å². The number of benzene rings is 1. The van der Waals surface area contributed by atoms with E-state index in [1.54, 1.807) is 32.9 Å². The van der Waals surface area contributed by atoms with Crippen LogP contribution in [0.1, 0.15) is 36.2 Å². The fourth-order valence-corrected chi connectivity index (χ4v) is 1.42. The van der Waals surface area contributed by atoms with E-state index in [1.165, 1.54) is 6.07 Å². The largest absolute Gasteiger partial charge is 0.508 e. The molecule has 1 aromatic carbocycles. The number of hydrogen-bond acceptors (Lipinski definition) is 3. The zero-order valence-electron chi connectivity index (χ0n) is 10.3. The first-order valence-electron chi connectivity index (χ1n) is 5.59. The molecule has 1 atom stereocenters. The molecule has 0 saturated carbocycles. The molecule has 17 heavy (non-hydrogen) atoms. The molecule has 0 heterocycles. The number of amides is 1. The molecule has 0 aliphatic carbocycles. The first kappa shape index (κ1) is 13.2. The van der Waals surface area contributed by atoms with Gasteiger partial charge in [-0.3, -0.25) is 9.59 Å². The molecular weight excluding hydrogens is 218 g/mol. The summed E-state index contributed by atoms with van der Waals surface area (Å²) in [6.45, 7) is 5.15. The molecule has 1 unspecified atom stereocenters. The van der Waals surface area contributed by atoms with E-state index in [1.807, 2.05) is 0 Å². The highest BCUT2D eigenvalue weighted by molar-refractivity contribution is 5.98. The van der Waals surface area contributed by atoms with Crippen LogP contribution in [0.5, 0.6) is 5.75 Å². The molecule has 0 bridgehead atoms. The molecule has 0 saturated heterocycles. The van der Waals surface area contributed by atoms with E-state index in [4.69, 9.17) is 0 Å². The lowest BCUT2D eigenvalue weighted by Gasteiger charge is -2.12. The van der Waals surface area contributed by atoms with Gasteiger partial charge in [-0.05, 0) is 31.5 Å². The number of carbonyl (C=O) groups excluding carboxylic acids is 2. The number of aryl methyl sites for hydroxylation is 1. The van der Waals surface area contributed by atoms with Gasteiger partial charge in [0.25, 0.3) is 5.91 Å². The third-order valence-electron chi connectivity index (χ3n) is 2.65. The smallest absolute Gasteiger partial charge is 0.251 e. The molecule has 1 amide bonds. The Kier molecular flexibility index (Phi) is 4.26. The quantitative estimate of drug-likeness (QED) is 0.836. The minimum absolute atomic E-state index is 0.0188. The number of nitrogens with one attached hydrogen (secondary N) is 1. The van der Waals surface area contributed by atoms with Gasteiger partial charge < -0.3 is 10.4 Å². The number of hydrogen-bond donors (Lipinski definition) is 2. The van der Waals surface area contributed by atoms with Crippen molar-refractivity contribution in [3.63, 3.8) is 0 Å². The monoisotopic (exact) mass is 235 g/mol. The van der Waals surface area contributed by atoms with Gasteiger partial charge in [0.2, 0.25) is 0 Å². The van der Waals surface area contributed by atoms with Crippen molar-refractivity contribution in [3.05, 3.63) is 29.3 Å². The van der Waals surface area contributed by atoms with Crippen LogP contribution >= 0.6 is 0 Å². The molecule has 0 fully saturated rings. The third kappa shape index (κ3) is 3.31. The van der Waals surface area contributed by atoms with Gasteiger partial charge in [0.05, 0.1) is 6.04 Å². The zero-order valence-corrected chi connectivity index (χ0v) is 10.3. The number of ketones is 1. The lowest BCUT2D eigenvalue weighted by atomic mass is 10.1. The van der Waals surface area contributed by atoms with E-state index in [-0.39, 0.29) is 17.4 Å². The van der Waals surface area contributed by atoms with E-state index < -0.39 is 6.04 Å². The van der Waals surface area contributed by atoms with Crippen molar-refractivity contribution in [2.24, 2.45) is 0 Å². The van der Waals surface area contributed by atoms with Crippen molar-refractivity contribution < 1.29 is 14.7 Å². The molecule has 2 N–H and O–H groups in total. The van der Waals surface area contributed by atoms with Gasteiger partial charge in [0.15, 0.2) is 5.78 Å². The maximum Gasteiger partial charge on any atom is 0.251 e. The summed E-state index contributed by atoms with van der Waals surface area (Å²) in [6.07, 6.45) is 0.389. The number of Topliss-reactive ketones (excluding diaryl/α,β-unsaturated/α-hetero) is 1. The number of phenols is 1. The second-order valence-corrected chi connectivity index (χ2v) is 4.02. The van der Waals surface area contributed by atoms with E-state index in [0.29, 0.717) is 17.5 Å². The second kappa shape index (κ2) is 5.48. The summed E-state index contributed by atoms with van der Waals surface area (Å²) in [4.78, 5) is 23.1. The van der Waals surface area contributed by atoms with Crippen LogP contribution in [0.2, 0.25) is 0 Å². The van der Waals surface area contributed by atoms with Crippen LogP contribution in [0.3, 0.4) is 0 Å². The highest BCUT2D eigenvalue weighted by Crippen LogP contribution is 2.17. The molecular formula is C13H17NO3. The number of carbonyl (C=O) groups is 2. The van der Waals surface area contributed by atoms with Crippen LogP contribution in [0.25, 0.3) is 0 Å². The number of phenolic OH excluding ortho intramolecular Hbond substituents is 1. The van der Waals surface area contributed by atoms with E-state index in [2.05, 4.69) is 5.32 Å². The average molecular weight is 235 g/mol. The molecule has 1 rings (SSSR count). The Bertz CT molecular complexity index is 440. The topological polar surface area (TPSA) is 66.4 Å². The summed E-state index contributed by atoms with van der Waals surface area (Å²) in [7, 11) is 0. The zero-order chi connectivity index (χ0) is 13.0. The van der Waals surface area contributed by atoms with Crippen LogP contribution < -0.4 is 5.32 Å². The summed E-state index contributed by atoms with van der Waals surface area (Å²) in [5.74, 6) is -0.295. The molecule has 0 radical (unpaired) electrons. The fraction of sp³-hybridized carbons (Fsp3) is 0.385.